The van der Waals surface area contributed by atoms with Gasteiger partial charge in [0.15, 0.2) is 0 Å². The van der Waals surface area contributed by atoms with E-state index in [-0.39, 0.29) is 24.9 Å². The molecular weight excluding hydrogens is 340 g/mol. The van der Waals surface area contributed by atoms with Crippen molar-refractivity contribution in [2.75, 3.05) is 32.0 Å². The Labute approximate surface area is 150 Å². The molecule has 0 spiro atoms. The zero-order valence-electron chi connectivity index (χ0n) is 14.3. The Morgan fingerprint density at radius 1 is 1.08 bits per heavy atom. The van der Waals surface area contributed by atoms with Crippen molar-refractivity contribution < 1.29 is 18.4 Å². The molecule has 0 aromatic heterocycles. The van der Waals surface area contributed by atoms with Gasteiger partial charge in [0.1, 0.15) is 18.2 Å². The fraction of sp³-hybridized carbons (Fsp3) is 0.263. The number of carbonyl (C=O) groups excluding carboxylic acids is 2. The molecule has 1 heterocycles. The zero-order valence-corrected chi connectivity index (χ0v) is 14.3. The van der Waals surface area contributed by atoms with Gasteiger partial charge in [0.2, 0.25) is 5.91 Å². The van der Waals surface area contributed by atoms with Crippen LogP contribution in [-0.4, -0.2) is 48.3 Å². The van der Waals surface area contributed by atoms with Crippen molar-refractivity contribution in [2.24, 2.45) is 0 Å². The Kier molecular flexibility index (Phi) is 5.16. The Morgan fingerprint density at radius 2 is 1.73 bits per heavy atom. The lowest BCUT2D eigenvalue weighted by Gasteiger charge is -2.34. The van der Waals surface area contributed by atoms with Crippen LogP contribution in [0.5, 0.6) is 0 Å². The molecule has 26 heavy (non-hydrogen) atoms. The monoisotopic (exact) mass is 359 g/mol. The molecule has 0 aliphatic carbocycles. The summed E-state index contributed by atoms with van der Waals surface area (Å²) in [5.74, 6) is -1.81. The Balaban J connectivity index is 1.64. The van der Waals surface area contributed by atoms with Crippen LogP contribution in [0.2, 0.25) is 0 Å². The van der Waals surface area contributed by atoms with Crippen molar-refractivity contribution in [3.8, 4) is 0 Å². The molecule has 2 amide bonds. The number of rotatable bonds is 4. The quantitative estimate of drug-likeness (QED) is 0.913. The zero-order chi connectivity index (χ0) is 18.7. The minimum absolute atomic E-state index is 0.0512. The molecule has 3 rings (SSSR count). The van der Waals surface area contributed by atoms with E-state index in [4.69, 9.17) is 0 Å². The molecule has 1 aliphatic rings. The number of amides is 2. The van der Waals surface area contributed by atoms with Crippen molar-refractivity contribution in [3.05, 3.63) is 65.2 Å². The fourth-order valence-corrected chi connectivity index (χ4v) is 2.93. The van der Waals surface area contributed by atoms with Crippen LogP contribution in [0.3, 0.4) is 0 Å². The number of carbonyl (C=O) groups is 2. The molecule has 2 aromatic rings. The molecule has 0 bridgehead atoms. The summed E-state index contributed by atoms with van der Waals surface area (Å²) in [6, 6.07) is 10.2. The van der Waals surface area contributed by atoms with Crippen LogP contribution in [0.15, 0.2) is 42.5 Å². The van der Waals surface area contributed by atoms with Gasteiger partial charge in [-0.2, -0.15) is 0 Å². The minimum Gasteiger partial charge on any atom is -0.388 e. The number of hydrogen-bond donors (Lipinski definition) is 1. The fourth-order valence-electron chi connectivity index (χ4n) is 2.93. The van der Waals surface area contributed by atoms with Crippen LogP contribution in [0.1, 0.15) is 15.9 Å². The third-order valence-corrected chi connectivity index (χ3v) is 4.32. The van der Waals surface area contributed by atoms with E-state index in [2.05, 4.69) is 5.32 Å². The van der Waals surface area contributed by atoms with E-state index in [0.29, 0.717) is 24.2 Å². The van der Waals surface area contributed by atoms with E-state index >= 15 is 0 Å². The first-order valence-electron chi connectivity index (χ1n) is 8.26. The highest BCUT2D eigenvalue weighted by molar-refractivity contribution is 5.97. The van der Waals surface area contributed by atoms with Crippen molar-refractivity contribution in [1.82, 2.24) is 9.80 Å². The minimum atomic E-state index is -0.675. The van der Waals surface area contributed by atoms with Crippen LogP contribution in [0.25, 0.3) is 0 Å². The first-order valence-corrected chi connectivity index (χ1v) is 8.26. The molecule has 7 heteroatoms. The molecule has 1 fully saturated rings. The molecule has 5 nitrogen and oxygen atoms in total. The lowest BCUT2D eigenvalue weighted by atomic mass is 10.1. The number of piperazine rings is 1. The van der Waals surface area contributed by atoms with Crippen LogP contribution in [-0.2, 0) is 11.3 Å². The second-order valence-corrected chi connectivity index (χ2v) is 6.15. The van der Waals surface area contributed by atoms with Crippen molar-refractivity contribution in [1.29, 1.82) is 0 Å². The molecule has 0 atom stereocenters. The van der Waals surface area contributed by atoms with E-state index in [9.17, 15) is 18.4 Å². The van der Waals surface area contributed by atoms with Gasteiger partial charge in [-0.15, -0.1) is 0 Å². The number of hydrogen-bond acceptors (Lipinski definition) is 3. The van der Waals surface area contributed by atoms with Crippen LogP contribution in [0.4, 0.5) is 14.5 Å². The molecule has 1 N–H and O–H groups in total. The maximum absolute atomic E-state index is 13.3. The lowest BCUT2D eigenvalue weighted by Crippen LogP contribution is -2.51. The van der Waals surface area contributed by atoms with E-state index in [1.807, 2.05) is 0 Å². The SMILES string of the molecule is CNc1ccc(C(=O)N2CCN(Cc3cc(F)cc(F)c3)C(=O)C2)cc1. The number of anilines is 1. The molecule has 0 radical (unpaired) electrons. The summed E-state index contributed by atoms with van der Waals surface area (Å²) in [5, 5.41) is 2.98. The molecular formula is C19H19F2N3O2. The predicted octanol–water partition coefficient (Wildman–Crippen LogP) is 2.49. The number of nitrogens with zero attached hydrogens (tertiary/aromatic N) is 2. The predicted molar refractivity (Wildman–Crippen MR) is 93.7 cm³/mol. The second-order valence-electron chi connectivity index (χ2n) is 6.15. The molecule has 0 unspecified atom stereocenters. The molecule has 0 saturated carbocycles. The van der Waals surface area contributed by atoms with Crippen molar-refractivity contribution in [2.45, 2.75) is 6.54 Å². The van der Waals surface area contributed by atoms with Gasteiger partial charge in [-0.3, -0.25) is 9.59 Å². The van der Waals surface area contributed by atoms with Crippen molar-refractivity contribution >= 4 is 17.5 Å². The van der Waals surface area contributed by atoms with Gasteiger partial charge in [0, 0.05) is 44.0 Å². The van der Waals surface area contributed by atoms with E-state index < -0.39 is 11.6 Å². The largest absolute Gasteiger partial charge is 0.388 e. The first-order chi connectivity index (χ1) is 12.5. The summed E-state index contributed by atoms with van der Waals surface area (Å²) in [5.41, 5.74) is 1.79. The topological polar surface area (TPSA) is 52.7 Å². The molecule has 1 aliphatic heterocycles. The summed E-state index contributed by atoms with van der Waals surface area (Å²) in [4.78, 5) is 27.9. The Bertz CT molecular complexity index is 804. The first kappa shape index (κ1) is 17.8. The van der Waals surface area contributed by atoms with Gasteiger partial charge in [-0.1, -0.05) is 0 Å². The van der Waals surface area contributed by atoms with Crippen molar-refractivity contribution in [3.63, 3.8) is 0 Å². The second kappa shape index (κ2) is 7.51. The van der Waals surface area contributed by atoms with Gasteiger partial charge < -0.3 is 15.1 Å². The van der Waals surface area contributed by atoms with Gasteiger partial charge in [-0.05, 0) is 42.0 Å². The highest BCUT2D eigenvalue weighted by Crippen LogP contribution is 2.16. The van der Waals surface area contributed by atoms with Gasteiger partial charge in [0.25, 0.3) is 5.91 Å². The maximum Gasteiger partial charge on any atom is 0.254 e. The van der Waals surface area contributed by atoms with Crippen LogP contribution < -0.4 is 5.32 Å². The van der Waals surface area contributed by atoms with E-state index in [1.165, 1.54) is 21.9 Å². The Morgan fingerprint density at radius 3 is 2.31 bits per heavy atom. The number of benzene rings is 2. The molecule has 2 aromatic carbocycles. The van der Waals surface area contributed by atoms with Gasteiger partial charge in [0.05, 0.1) is 0 Å². The third-order valence-electron chi connectivity index (χ3n) is 4.32. The summed E-state index contributed by atoms with van der Waals surface area (Å²) < 4.78 is 26.6. The normalized spacial score (nSPS) is 14.5. The standard InChI is InChI=1S/C19H19F2N3O2/c1-22-17-4-2-14(3-5-17)19(26)24-7-6-23(18(25)12-24)11-13-8-15(20)10-16(21)9-13/h2-5,8-10,22H,6-7,11-12H2,1H3. The van der Waals surface area contributed by atoms with Gasteiger partial charge in [-0.25, -0.2) is 8.78 Å². The third kappa shape index (κ3) is 3.99. The molecule has 1 saturated heterocycles. The Hall–Kier alpha value is -2.96. The van der Waals surface area contributed by atoms with Crippen LogP contribution >= 0.6 is 0 Å². The smallest absolute Gasteiger partial charge is 0.254 e. The highest BCUT2D eigenvalue weighted by Gasteiger charge is 2.27. The molecule has 136 valence electrons. The summed E-state index contributed by atoms with van der Waals surface area (Å²) in [7, 11) is 1.79. The average molecular weight is 359 g/mol. The maximum atomic E-state index is 13.3. The summed E-state index contributed by atoms with van der Waals surface area (Å²) in [6.07, 6.45) is 0. The van der Waals surface area contributed by atoms with Crippen LogP contribution in [0, 0.1) is 11.6 Å². The summed E-state index contributed by atoms with van der Waals surface area (Å²) in [6.45, 7) is 0.754. The lowest BCUT2D eigenvalue weighted by molar-refractivity contribution is -0.135. The van der Waals surface area contributed by atoms with E-state index in [1.54, 1.807) is 31.3 Å². The highest BCUT2D eigenvalue weighted by atomic mass is 19.1. The summed E-state index contributed by atoms with van der Waals surface area (Å²) >= 11 is 0. The number of nitrogens with one attached hydrogen (secondary N) is 1. The average Bonchev–Trinajstić information content (AvgIpc) is 2.62. The van der Waals surface area contributed by atoms with E-state index in [0.717, 1.165) is 11.8 Å². The number of halogens is 2. The van der Waals surface area contributed by atoms with Gasteiger partial charge >= 0.3 is 0 Å².